The van der Waals surface area contributed by atoms with Gasteiger partial charge in [0.15, 0.2) is 5.71 Å². The number of rotatable bonds is 6. The first kappa shape index (κ1) is 23.6. The molecule has 0 unspecified atom stereocenters. The summed E-state index contributed by atoms with van der Waals surface area (Å²) >= 11 is 0. The fourth-order valence-corrected chi connectivity index (χ4v) is 4.27. The Kier molecular flexibility index (Phi) is 6.30. The van der Waals surface area contributed by atoms with E-state index in [2.05, 4.69) is 10.5 Å². The number of benzene rings is 4. The van der Waals surface area contributed by atoms with E-state index >= 15 is 0 Å². The van der Waals surface area contributed by atoms with Gasteiger partial charge in [-0.05, 0) is 48.4 Å². The number of amides is 1. The second-order valence-corrected chi connectivity index (χ2v) is 8.57. The smallest absolute Gasteiger partial charge is 0.505 e. The maximum absolute atomic E-state index is 13.4. The number of phenolic OH excluding ortho intramolecular Hbond substituents is 1. The zero-order valence-electron chi connectivity index (χ0n) is 19.9. The van der Waals surface area contributed by atoms with Crippen LogP contribution in [0.5, 0.6) is 11.5 Å². The van der Waals surface area contributed by atoms with Gasteiger partial charge in [-0.25, -0.2) is 4.79 Å². The number of ether oxygens (including phenoxy) is 1. The maximum Gasteiger partial charge on any atom is 0.511 e. The lowest BCUT2D eigenvalue weighted by atomic mass is 10.0. The van der Waals surface area contributed by atoms with E-state index in [1.165, 1.54) is 12.1 Å². The molecule has 0 atom stereocenters. The average molecular weight is 494 g/mol. The van der Waals surface area contributed by atoms with Crippen LogP contribution in [0.15, 0.2) is 96.1 Å². The highest BCUT2D eigenvalue weighted by molar-refractivity contribution is 6.54. The van der Waals surface area contributed by atoms with E-state index in [1.807, 2.05) is 55.5 Å². The number of anilines is 2. The van der Waals surface area contributed by atoms with Crippen LogP contribution < -0.4 is 15.1 Å². The molecule has 184 valence electrons. The molecule has 0 bridgehead atoms. The van der Waals surface area contributed by atoms with E-state index in [0.29, 0.717) is 23.2 Å². The van der Waals surface area contributed by atoms with Gasteiger partial charge in [0.05, 0.1) is 17.9 Å². The van der Waals surface area contributed by atoms with Crippen LogP contribution >= 0.6 is 0 Å². The van der Waals surface area contributed by atoms with E-state index in [1.54, 1.807) is 35.2 Å². The van der Waals surface area contributed by atoms with Crippen molar-refractivity contribution >= 4 is 29.1 Å². The van der Waals surface area contributed by atoms with Crippen molar-refractivity contribution in [2.75, 3.05) is 10.3 Å². The monoisotopic (exact) mass is 493 g/mol. The van der Waals surface area contributed by atoms with Gasteiger partial charge in [-0.15, -0.1) is 0 Å². The standard InChI is InChI=1S/C29H23N3O5/c1-18-13-14-25-23(15-18)26(28(34)32(25)17-19-7-3-2-4-8-19)31-30-24-12-6-11-22(27(24)33)20-9-5-10-21(16-20)37-29(35)36/h2-16,30,33H,17H2,1H3,(H,35,36). The van der Waals surface area contributed by atoms with Crippen molar-refractivity contribution in [2.45, 2.75) is 13.5 Å². The molecule has 8 nitrogen and oxygen atoms in total. The summed E-state index contributed by atoms with van der Waals surface area (Å²) in [5.74, 6) is -0.216. The van der Waals surface area contributed by atoms with Gasteiger partial charge >= 0.3 is 6.16 Å². The minimum absolute atomic E-state index is 0.102. The lowest BCUT2D eigenvalue weighted by molar-refractivity contribution is -0.112. The summed E-state index contributed by atoms with van der Waals surface area (Å²) in [6.45, 7) is 2.36. The summed E-state index contributed by atoms with van der Waals surface area (Å²) in [4.78, 5) is 26.0. The number of hydrogen-bond donors (Lipinski definition) is 3. The molecule has 4 aromatic rings. The summed E-state index contributed by atoms with van der Waals surface area (Å²) in [5, 5.41) is 24.3. The van der Waals surface area contributed by atoms with E-state index < -0.39 is 6.16 Å². The molecule has 1 heterocycles. The van der Waals surface area contributed by atoms with Gasteiger partial charge in [0.25, 0.3) is 5.91 Å². The largest absolute Gasteiger partial charge is 0.511 e. The van der Waals surface area contributed by atoms with Gasteiger partial charge in [-0.1, -0.05) is 66.2 Å². The van der Waals surface area contributed by atoms with Crippen LogP contribution in [0.1, 0.15) is 16.7 Å². The molecule has 1 amide bonds. The van der Waals surface area contributed by atoms with E-state index in [0.717, 1.165) is 16.8 Å². The van der Waals surface area contributed by atoms with Gasteiger partial charge in [-0.2, -0.15) is 5.10 Å². The van der Waals surface area contributed by atoms with Crippen molar-refractivity contribution in [2.24, 2.45) is 5.10 Å². The van der Waals surface area contributed by atoms with Crippen molar-refractivity contribution < 1.29 is 24.5 Å². The number of nitrogens with one attached hydrogen (secondary N) is 1. The lowest BCUT2D eigenvalue weighted by Gasteiger charge is -2.17. The molecule has 3 N–H and O–H groups in total. The maximum atomic E-state index is 13.4. The molecule has 1 aliphatic rings. The SMILES string of the molecule is Cc1ccc2c(c1)C(=NNc1cccc(-c3cccc(OC(=O)O)c3)c1O)C(=O)N2Cc1ccccc1. The van der Waals surface area contributed by atoms with Gasteiger partial charge in [0, 0.05) is 11.1 Å². The Balaban J connectivity index is 1.46. The highest BCUT2D eigenvalue weighted by Gasteiger charge is 2.34. The Morgan fingerprint density at radius 3 is 2.51 bits per heavy atom. The van der Waals surface area contributed by atoms with E-state index in [9.17, 15) is 14.7 Å². The molecule has 0 aliphatic carbocycles. The number of carboxylic acid groups (broad SMARTS) is 1. The average Bonchev–Trinajstić information content (AvgIpc) is 3.13. The van der Waals surface area contributed by atoms with Crippen molar-refractivity contribution in [1.29, 1.82) is 0 Å². The molecule has 0 aromatic heterocycles. The second-order valence-electron chi connectivity index (χ2n) is 8.57. The molecule has 0 saturated heterocycles. The predicted molar refractivity (Wildman–Crippen MR) is 141 cm³/mol. The first-order valence-corrected chi connectivity index (χ1v) is 11.5. The molecule has 4 aromatic carbocycles. The Morgan fingerprint density at radius 1 is 0.946 bits per heavy atom. The fraction of sp³-hybridized carbons (Fsp3) is 0.0690. The summed E-state index contributed by atoms with van der Waals surface area (Å²) < 4.78 is 4.72. The molecule has 0 spiro atoms. The van der Waals surface area contributed by atoms with Crippen LogP contribution in [0, 0.1) is 6.92 Å². The van der Waals surface area contributed by atoms with E-state index in [4.69, 9.17) is 9.84 Å². The highest BCUT2D eigenvalue weighted by Crippen LogP contribution is 2.37. The lowest BCUT2D eigenvalue weighted by Crippen LogP contribution is -2.30. The van der Waals surface area contributed by atoms with Gasteiger partial charge < -0.3 is 19.8 Å². The zero-order chi connectivity index (χ0) is 25.9. The van der Waals surface area contributed by atoms with Gasteiger partial charge in [-0.3, -0.25) is 10.2 Å². The van der Waals surface area contributed by atoms with Crippen LogP contribution in [-0.4, -0.2) is 28.0 Å². The molecule has 0 saturated carbocycles. The number of carbonyl (C=O) groups is 2. The molecule has 1 aliphatic heterocycles. The summed E-state index contributed by atoms with van der Waals surface area (Å²) in [6.07, 6.45) is -1.43. The van der Waals surface area contributed by atoms with Crippen LogP contribution in [-0.2, 0) is 11.3 Å². The molecule has 0 radical (unpaired) electrons. The fourth-order valence-electron chi connectivity index (χ4n) is 4.27. The Morgan fingerprint density at radius 2 is 1.73 bits per heavy atom. The predicted octanol–water partition coefficient (Wildman–Crippen LogP) is 5.79. The normalized spacial score (nSPS) is 13.5. The third kappa shape index (κ3) is 4.85. The van der Waals surface area contributed by atoms with Crippen molar-refractivity contribution in [3.05, 3.63) is 108 Å². The Bertz CT molecular complexity index is 1530. The molecule has 5 rings (SSSR count). The summed E-state index contributed by atoms with van der Waals surface area (Å²) in [6, 6.07) is 26.9. The highest BCUT2D eigenvalue weighted by atomic mass is 16.7. The first-order chi connectivity index (χ1) is 17.9. The summed E-state index contributed by atoms with van der Waals surface area (Å²) in [7, 11) is 0. The Hall–Kier alpha value is -5.11. The summed E-state index contributed by atoms with van der Waals surface area (Å²) in [5.41, 5.74) is 7.86. The van der Waals surface area contributed by atoms with Crippen LogP contribution in [0.3, 0.4) is 0 Å². The van der Waals surface area contributed by atoms with Crippen molar-refractivity contribution in [3.8, 4) is 22.6 Å². The Labute approximate surface area is 213 Å². The number of para-hydroxylation sites is 1. The van der Waals surface area contributed by atoms with Gasteiger partial charge in [0.2, 0.25) is 0 Å². The second kappa shape index (κ2) is 9.87. The third-order valence-electron chi connectivity index (χ3n) is 6.00. The number of hydrazone groups is 1. The molecular weight excluding hydrogens is 470 g/mol. The number of phenols is 1. The molecular formula is C29H23N3O5. The first-order valence-electron chi connectivity index (χ1n) is 11.5. The van der Waals surface area contributed by atoms with Crippen molar-refractivity contribution in [3.63, 3.8) is 0 Å². The molecule has 8 heteroatoms. The number of aryl methyl sites for hydroxylation is 1. The van der Waals surface area contributed by atoms with Crippen LogP contribution in [0.4, 0.5) is 16.2 Å². The molecule has 0 fully saturated rings. The number of hydrogen-bond acceptors (Lipinski definition) is 6. The zero-order valence-corrected chi connectivity index (χ0v) is 19.9. The topological polar surface area (TPSA) is 111 Å². The number of fused-ring (bicyclic) bond motifs is 1. The van der Waals surface area contributed by atoms with E-state index in [-0.39, 0.29) is 28.8 Å². The number of carbonyl (C=O) groups excluding carboxylic acids is 1. The number of nitrogens with zero attached hydrogens (tertiary/aromatic N) is 2. The van der Waals surface area contributed by atoms with Crippen molar-refractivity contribution in [1.82, 2.24) is 0 Å². The van der Waals surface area contributed by atoms with Gasteiger partial charge in [0.1, 0.15) is 11.5 Å². The van der Waals surface area contributed by atoms with Crippen LogP contribution in [0.25, 0.3) is 11.1 Å². The van der Waals surface area contributed by atoms with Crippen LogP contribution in [0.2, 0.25) is 0 Å². The number of aromatic hydroxyl groups is 1. The minimum Gasteiger partial charge on any atom is -0.505 e. The minimum atomic E-state index is -1.43. The quantitative estimate of drug-likeness (QED) is 0.136. The third-order valence-corrected chi connectivity index (χ3v) is 6.00. The molecule has 37 heavy (non-hydrogen) atoms.